The summed E-state index contributed by atoms with van der Waals surface area (Å²) in [5.41, 5.74) is -0.170. The number of aromatic nitrogens is 1. The SMILES string of the molecule is CC[C@H]1CC[C@H](C#Cc2cc(F)c(F)nc2F)CC1. The van der Waals surface area contributed by atoms with E-state index in [-0.39, 0.29) is 11.5 Å². The smallest absolute Gasteiger partial charge is 0.202 e. The van der Waals surface area contributed by atoms with Crippen molar-refractivity contribution in [2.24, 2.45) is 11.8 Å². The van der Waals surface area contributed by atoms with E-state index >= 15 is 0 Å². The number of pyridine rings is 1. The van der Waals surface area contributed by atoms with Gasteiger partial charge in [0.15, 0.2) is 5.82 Å². The van der Waals surface area contributed by atoms with Crippen LogP contribution in [0.25, 0.3) is 0 Å². The Kier molecular flexibility index (Phi) is 4.47. The summed E-state index contributed by atoms with van der Waals surface area (Å²) in [5, 5.41) is 0. The molecule has 0 bridgehead atoms. The fraction of sp³-hybridized carbons (Fsp3) is 0.533. The van der Waals surface area contributed by atoms with Crippen molar-refractivity contribution in [1.29, 1.82) is 0 Å². The Balaban J connectivity index is 2.06. The van der Waals surface area contributed by atoms with Crippen LogP contribution >= 0.6 is 0 Å². The quantitative estimate of drug-likeness (QED) is 0.552. The first-order valence-corrected chi connectivity index (χ1v) is 6.63. The molecular formula is C15H16F3N. The van der Waals surface area contributed by atoms with E-state index in [4.69, 9.17) is 0 Å². The topological polar surface area (TPSA) is 12.9 Å². The lowest BCUT2D eigenvalue weighted by molar-refractivity contribution is 0.309. The summed E-state index contributed by atoms with van der Waals surface area (Å²) in [4.78, 5) is 2.85. The maximum absolute atomic E-state index is 13.3. The van der Waals surface area contributed by atoms with Gasteiger partial charge in [-0.2, -0.15) is 13.8 Å². The van der Waals surface area contributed by atoms with E-state index in [0.717, 1.165) is 37.7 Å². The van der Waals surface area contributed by atoms with Gasteiger partial charge in [-0.05, 0) is 37.7 Å². The van der Waals surface area contributed by atoms with Gasteiger partial charge in [-0.3, -0.25) is 0 Å². The van der Waals surface area contributed by atoms with Gasteiger partial charge in [0, 0.05) is 5.92 Å². The second kappa shape index (κ2) is 6.10. The van der Waals surface area contributed by atoms with Crippen molar-refractivity contribution >= 4 is 0 Å². The summed E-state index contributed by atoms with van der Waals surface area (Å²) >= 11 is 0. The van der Waals surface area contributed by atoms with Crippen LogP contribution in [0.5, 0.6) is 0 Å². The van der Waals surface area contributed by atoms with E-state index in [1.807, 2.05) is 0 Å². The molecule has 4 heteroatoms. The highest BCUT2D eigenvalue weighted by Crippen LogP contribution is 2.30. The molecule has 0 aromatic carbocycles. The molecule has 2 rings (SSSR count). The van der Waals surface area contributed by atoms with Gasteiger partial charge < -0.3 is 0 Å². The summed E-state index contributed by atoms with van der Waals surface area (Å²) < 4.78 is 38.9. The van der Waals surface area contributed by atoms with Gasteiger partial charge in [-0.1, -0.05) is 25.2 Å². The highest BCUT2D eigenvalue weighted by Gasteiger charge is 2.18. The molecule has 1 aromatic heterocycles. The van der Waals surface area contributed by atoms with Gasteiger partial charge in [0.05, 0.1) is 5.56 Å². The Hall–Kier alpha value is -1.50. The van der Waals surface area contributed by atoms with Crippen LogP contribution in [-0.2, 0) is 0 Å². The molecule has 1 saturated carbocycles. The Labute approximate surface area is 111 Å². The van der Waals surface area contributed by atoms with E-state index in [0.29, 0.717) is 0 Å². The lowest BCUT2D eigenvalue weighted by Crippen LogP contribution is -2.12. The van der Waals surface area contributed by atoms with Gasteiger partial charge in [-0.25, -0.2) is 4.39 Å². The zero-order valence-electron chi connectivity index (χ0n) is 10.8. The molecule has 0 saturated heterocycles. The average molecular weight is 267 g/mol. The third-order valence-electron chi connectivity index (χ3n) is 3.72. The van der Waals surface area contributed by atoms with Crippen LogP contribution in [0.15, 0.2) is 6.07 Å². The van der Waals surface area contributed by atoms with Gasteiger partial charge in [0.1, 0.15) is 0 Å². The minimum Gasteiger partial charge on any atom is -0.202 e. The van der Waals surface area contributed by atoms with Crippen molar-refractivity contribution in [3.8, 4) is 11.8 Å². The van der Waals surface area contributed by atoms with Gasteiger partial charge in [-0.15, -0.1) is 0 Å². The largest absolute Gasteiger partial charge is 0.251 e. The Morgan fingerprint density at radius 3 is 2.47 bits per heavy atom. The Bertz CT molecular complexity index is 508. The van der Waals surface area contributed by atoms with Crippen molar-refractivity contribution in [2.45, 2.75) is 39.0 Å². The second-order valence-corrected chi connectivity index (χ2v) is 4.99. The Morgan fingerprint density at radius 1 is 1.16 bits per heavy atom. The minimum absolute atomic E-state index is 0.170. The number of nitrogens with zero attached hydrogens (tertiary/aromatic N) is 1. The minimum atomic E-state index is -1.42. The number of hydrogen-bond donors (Lipinski definition) is 0. The van der Waals surface area contributed by atoms with Crippen LogP contribution in [0.2, 0.25) is 0 Å². The van der Waals surface area contributed by atoms with E-state index in [2.05, 4.69) is 23.7 Å². The van der Waals surface area contributed by atoms with Gasteiger partial charge in [0.25, 0.3) is 5.95 Å². The molecule has 1 aliphatic rings. The molecule has 0 amide bonds. The molecule has 0 aliphatic heterocycles. The molecule has 1 heterocycles. The molecule has 1 fully saturated rings. The third-order valence-corrected chi connectivity index (χ3v) is 3.72. The third kappa shape index (κ3) is 3.50. The number of hydrogen-bond acceptors (Lipinski definition) is 1. The standard InChI is InChI=1S/C15H16F3N/c1-2-10-3-5-11(6-4-10)7-8-12-9-13(16)15(18)19-14(12)17/h9-11H,2-6H2,1H3/t10-,11-. The molecule has 0 spiro atoms. The highest BCUT2D eigenvalue weighted by atomic mass is 19.2. The van der Waals surface area contributed by atoms with Crippen LogP contribution < -0.4 is 0 Å². The zero-order valence-corrected chi connectivity index (χ0v) is 10.8. The normalized spacial score (nSPS) is 22.7. The van der Waals surface area contributed by atoms with Crippen LogP contribution in [0.1, 0.15) is 44.6 Å². The van der Waals surface area contributed by atoms with Crippen molar-refractivity contribution < 1.29 is 13.2 Å². The fourth-order valence-electron chi connectivity index (χ4n) is 2.43. The second-order valence-electron chi connectivity index (χ2n) is 4.99. The molecular weight excluding hydrogens is 251 g/mol. The van der Waals surface area contributed by atoms with Crippen LogP contribution in [-0.4, -0.2) is 4.98 Å². The summed E-state index contributed by atoms with van der Waals surface area (Å²) in [6, 6.07) is 0.766. The maximum atomic E-state index is 13.3. The summed E-state index contributed by atoms with van der Waals surface area (Å²) in [6.45, 7) is 2.18. The predicted molar refractivity (Wildman–Crippen MR) is 66.7 cm³/mol. The molecule has 1 aromatic rings. The highest BCUT2D eigenvalue weighted by molar-refractivity contribution is 5.33. The number of halogens is 3. The molecule has 1 aliphatic carbocycles. The van der Waals surface area contributed by atoms with Crippen molar-refractivity contribution in [1.82, 2.24) is 4.98 Å². The van der Waals surface area contributed by atoms with Crippen LogP contribution in [0.3, 0.4) is 0 Å². The van der Waals surface area contributed by atoms with E-state index < -0.39 is 17.7 Å². The maximum Gasteiger partial charge on any atom is 0.251 e. The monoisotopic (exact) mass is 267 g/mol. The fourth-order valence-corrected chi connectivity index (χ4v) is 2.43. The molecule has 1 nitrogen and oxygen atoms in total. The lowest BCUT2D eigenvalue weighted by Gasteiger charge is -2.24. The van der Waals surface area contributed by atoms with Gasteiger partial charge in [0.2, 0.25) is 5.95 Å². The molecule has 0 N–H and O–H groups in total. The average Bonchev–Trinajstić information content (AvgIpc) is 2.42. The predicted octanol–water partition coefficient (Wildman–Crippen LogP) is 4.07. The summed E-state index contributed by atoms with van der Waals surface area (Å²) in [6.07, 6.45) is 5.43. The Morgan fingerprint density at radius 2 is 1.84 bits per heavy atom. The lowest BCUT2D eigenvalue weighted by atomic mass is 9.81. The van der Waals surface area contributed by atoms with Crippen molar-refractivity contribution in [3.05, 3.63) is 29.3 Å². The first kappa shape index (κ1) is 13.9. The van der Waals surface area contributed by atoms with Gasteiger partial charge >= 0.3 is 0 Å². The first-order valence-electron chi connectivity index (χ1n) is 6.63. The van der Waals surface area contributed by atoms with Crippen LogP contribution in [0, 0.1) is 41.4 Å². The molecule has 0 unspecified atom stereocenters. The van der Waals surface area contributed by atoms with E-state index in [1.54, 1.807) is 0 Å². The molecule has 0 radical (unpaired) electrons. The van der Waals surface area contributed by atoms with Crippen molar-refractivity contribution in [3.63, 3.8) is 0 Å². The summed E-state index contributed by atoms with van der Waals surface area (Å²) in [5.74, 6) is 2.88. The summed E-state index contributed by atoms with van der Waals surface area (Å²) in [7, 11) is 0. The first-order chi connectivity index (χ1) is 9.10. The van der Waals surface area contributed by atoms with E-state index in [1.165, 1.54) is 6.42 Å². The van der Waals surface area contributed by atoms with E-state index in [9.17, 15) is 13.2 Å². The zero-order chi connectivity index (χ0) is 13.8. The molecule has 19 heavy (non-hydrogen) atoms. The molecule has 102 valence electrons. The molecule has 0 atom stereocenters. The van der Waals surface area contributed by atoms with Crippen molar-refractivity contribution in [2.75, 3.05) is 0 Å². The number of rotatable bonds is 1. The van der Waals surface area contributed by atoms with Crippen LogP contribution in [0.4, 0.5) is 13.2 Å².